The average Bonchev–Trinajstić information content (AvgIpc) is 3.51. The van der Waals surface area contributed by atoms with Gasteiger partial charge in [0.15, 0.2) is 12.4 Å². The summed E-state index contributed by atoms with van der Waals surface area (Å²) in [7, 11) is 0. The van der Waals surface area contributed by atoms with E-state index >= 15 is 0 Å². The number of carbonyl (C=O) groups excluding carboxylic acids is 2. The summed E-state index contributed by atoms with van der Waals surface area (Å²) in [4.78, 5) is 26.5. The molecule has 8 atom stereocenters. The van der Waals surface area contributed by atoms with Crippen molar-refractivity contribution in [2.45, 2.75) is 294 Å². The molecule has 0 spiro atoms. The van der Waals surface area contributed by atoms with Crippen LogP contribution in [-0.2, 0) is 23.8 Å². The predicted octanol–water partition coefficient (Wildman–Crippen LogP) is 15.8. The molecule has 462 valence electrons. The number of esters is 1. The third-order valence-corrected chi connectivity index (χ3v) is 14.4. The largest absolute Gasteiger partial charge is 0.454 e. The van der Waals surface area contributed by atoms with E-state index in [0.717, 1.165) is 103 Å². The van der Waals surface area contributed by atoms with E-state index in [0.29, 0.717) is 12.8 Å². The number of hydrogen-bond acceptors (Lipinski definition) is 10. The first-order chi connectivity index (χ1) is 39.7. The summed E-state index contributed by atoms with van der Waals surface area (Å²) < 4.78 is 17.6. The Morgan fingerprint density at radius 3 is 1.36 bits per heavy atom. The Balaban J connectivity index is 2.67. The molecule has 81 heavy (non-hydrogen) atoms. The molecule has 1 heterocycles. The highest BCUT2D eigenvalue weighted by Crippen LogP contribution is 2.26. The van der Waals surface area contributed by atoms with Crippen LogP contribution in [0.2, 0.25) is 0 Å². The van der Waals surface area contributed by atoms with Crippen LogP contribution in [0.3, 0.4) is 0 Å². The van der Waals surface area contributed by atoms with Crippen molar-refractivity contribution in [3.05, 3.63) is 122 Å². The van der Waals surface area contributed by atoms with Gasteiger partial charge < -0.3 is 45.1 Å². The zero-order valence-electron chi connectivity index (χ0n) is 51.1. The van der Waals surface area contributed by atoms with E-state index < -0.39 is 67.4 Å². The van der Waals surface area contributed by atoms with Crippen LogP contribution >= 0.6 is 0 Å². The number of ether oxygens (including phenoxy) is 3. The van der Waals surface area contributed by atoms with E-state index in [1.54, 1.807) is 12.2 Å². The van der Waals surface area contributed by atoms with Crippen molar-refractivity contribution in [3.8, 4) is 0 Å². The number of carbonyl (C=O) groups is 2. The molecule has 1 aliphatic rings. The molecule has 0 aromatic rings. The zero-order chi connectivity index (χ0) is 58.9. The summed E-state index contributed by atoms with van der Waals surface area (Å²) in [5.41, 5.74) is 0. The first-order valence-electron chi connectivity index (χ1n) is 32.3. The van der Waals surface area contributed by atoms with Crippen molar-refractivity contribution in [1.82, 2.24) is 5.32 Å². The fraction of sp³-hybridized carbons (Fsp3) is 0.686. The van der Waals surface area contributed by atoms with E-state index in [-0.39, 0.29) is 19.4 Å². The lowest BCUT2D eigenvalue weighted by Crippen LogP contribution is -2.61. The Hall–Kier alpha value is -3.94. The monoisotopic (exact) mass is 1130 g/mol. The summed E-state index contributed by atoms with van der Waals surface area (Å²) in [5, 5.41) is 56.9. The van der Waals surface area contributed by atoms with Crippen LogP contribution in [0.4, 0.5) is 0 Å². The summed E-state index contributed by atoms with van der Waals surface area (Å²) >= 11 is 0. The van der Waals surface area contributed by atoms with Gasteiger partial charge in [-0.1, -0.05) is 258 Å². The van der Waals surface area contributed by atoms with Gasteiger partial charge in [0.2, 0.25) is 5.91 Å². The minimum Gasteiger partial charge on any atom is -0.454 e. The summed E-state index contributed by atoms with van der Waals surface area (Å²) in [6, 6.07) is -1.07. The van der Waals surface area contributed by atoms with Gasteiger partial charge in [0.1, 0.15) is 24.4 Å². The Morgan fingerprint density at radius 2 is 0.889 bits per heavy atom. The van der Waals surface area contributed by atoms with Crippen molar-refractivity contribution in [1.29, 1.82) is 0 Å². The minimum atomic E-state index is -1.64. The van der Waals surface area contributed by atoms with Crippen LogP contribution in [0, 0.1) is 0 Å². The number of unbranched alkanes of at least 4 members (excludes halogenated alkanes) is 22. The molecule has 11 heteroatoms. The second kappa shape index (κ2) is 56.5. The Labute approximate surface area is 493 Å². The molecule has 1 fully saturated rings. The highest BCUT2D eigenvalue weighted by molar-refractivity contribution is 5.81. The second-order valence-corrected chi connectivity index (χ2v) is 21.8. The molecule has 0 radical (unpaired) electrons. The maximum Gasteiger partial charge on any atom is 0.306 e. The van der Waals surface area contributed by atoms with Gasteiger partial charge in [-0.05, 0) is 96.3 Å². The molecule has 0 bridgehead atoms. The molecule has 0 saturated carbocycles. The van der Waals surface area contributed by atoms with Crippen LogP contribution < -0.4 is 5.32 Å². The zero-order valence-corrected chi connectivity index (χ0v) is 51.1. The lowest BCUT2D eigenvalue weighted by atomic mass is 9.99. The normalized spacial score (nSPS) is 19.5. The smallest absolute Gasteiger partial charge is 0.306 e. The number of amides is 1. The van der Waals surface area contributed by atoms with Crippen LogP contribution in [-0.4, -0.2) is 99.6 Å². The number of aliphatic hydroxyl groups is 5. The highest BCUT2D eigenvalue weighted by atomic mass is 16.7. The first-order valence-corrected chi connectivity index (χ1v) is 32.3. The maximum absolute atomic E-state index is 13.4. The fourth-order valence-electron chi connectivity index (χ4n) is 9.26. The third kappa shape index (κ3) is 44.3. The van der Waals surface area contributed by atoms with Gasteiger partial charge in [0.25, 0.3) is 0 Å². The average molecular weight is 1130 g/mol. The third-order valence-electron chi connectivity index (χ3n) is 14.4. The molecule has 1 saturated heterocycles. The molecule has 6 N–H and O–H groups in total. The van der Waals surface area contributed by atoms with Crippen molar-refractivity contribution >= 4 is 11.9 Å². The Kier molecular flexibility index (Phi) is 52.4. The summed E-state index contributed by atoms with van der Waals surface area (Å²) in [6.07, 6.45) is 68.3. The van der Waals surface area contributed by atoms with Gasteiger partial charge in [-0.25, -0.2) is 0 Å². The molecule has 0 aromatic heterocycles. The number of allylic oxidation sites excluding steroid dienone is 18. The summed E-state index contributed by atoms with van der Waals surface area (Å²) in [5.74, 6) is -1.30. The fourth-order valence-corrected chi connectivity index (χ4v) is 9.26. The molecular weight excluding hydrogens is 1010 g/mol. The van der Waals surface area contributed by atoms with Crippen molar-refractivity contribution in [2.75, 3.05) is 13.2 Å². The van der Waals surface area contributed by atoms with Gasteiger partial charge in [-0.15, -0.1) is 0 Å². The molecule has 0 aromatic carbocycles. The molecule has 1 aliphatic heterocycles. The molecular formula is C70H117NO10. The first kappa shape index (κ1) is 75.1. The predicted molar refractivity (Wildman–Crippen MR) is 338 cm³/mol. The van der Waals surface area contributed by atoms with Gasteiger partial charge in [0, 0.05) is 12.8 Å². The van der Waals surface area contributed by atoms with Gasteiger partial charge >= 0.3 is 5.97 Å². The van der Waals surface area contributed by atoms with E-state index in [2.05, 4.69) is 117 Å². The molecule has 11 nitrogen and oxygen atoms in total. The van der Waals surface area contributed by atoms with E-state index in [1.807, 2.05) is 18.2 Å². The SMILES string of the molecule is CC/C=C\C/C=C\C/C=C\C/C=C\C/C=C\C/C=C\CC(O)C(=O)NC(COC1OC(CO)C(O)C(O)C1OC(=O)CCCCCCCCCCCC/C=C\C/C=C\C/C=C\CCCCC)C(O)/C=C/CCCCCCCCCCC. The number of nitrogens with one attached hydrogen (secondary N) is 1. The molecule has 8 unspecified atom stereocenters. The molecule has 1 amide bonds. The van der Waals surface area contributed by atoms with Gasteiger partial charge in [-0.3, -0.25) is 9.59 Å². The maximum atomic E-state index is 13.4. The topological polar surface area (TPSA) is 175 Å². The molecule has 1 rings (SSSR count). The molecule has 0 aliphatic carbocycles. The standard InChI is InChI=1S/C70H117NO10/c1-4-7-10-13-16-19-22-24-26-28-30-31-32-33-34-36-38-40-43-46-49-52-55-58-65(75)81-68-67(77)66(76)64(59-72)80-70(68)79-60-61(62(73)56-53-50-47-44-41-21-18-15-12-9-6-3)71-69(78)63(74)57-54-51-48-45-42-39-37-35-29-27-25-23-20-17-14-11-8-5-2/h8,11,16-17,19-20,24-27,30-31,35,37,42,45,51,53-54,56,61-64,66-68,70,72-74,76-77H,4-7,9-10,12-15,18,21-23,28-29,32-34,36,38-41,43-44,46-50,52,55,57-60H2,1-3H3,(H,71,78)/b11-8-,19-16-,20-17-,26-24-,27-25-,31-30-,37-35-,45-42-,54-51-,56-53+. The minimum absolute atomic E-state index is 0.0518. The van der Waals surface area contributed by atoms with E-state index in [4.69, 9.17) is 14.2 Å². The van der Waals surface area contributed by atoms with Gasteiger partial charge in [0.05, 0.1) is 25.4 Å². The van der Waals surface area contributed by atoms with Crippen molar-refractivity contribution in [3.63, 3.8) is 0 Å². The van der Waals surface area contributed by atoms with Gasteiger partial charge in [-0.2, -0.15) is 0 Å². The van der Waals surface area contributed by atoms with E-state index in [1.165, 1.54) is 96.3 Å². The van der Waals surface area contributed by atoms with Crippen LogP contribution in [0.1, 0.15) is 245 Å². The van der Waals surface area contributed by atoms with Crippen LogP contribution in [0.15, 0.2) is 122 Å². The number of rotatable bonds is 53. The quantitative estimate of drug-likeness (QED) is 0.0195. The Bertz CT molecular complexity index is 1780. The lowest BCUT2D eigenvalue weighted by Gasteiger charge is -2.41. The highest BCUT2D eigenvalue weighted by Gasteiger charge is 2.47. The lowest BCUT2D eigenvalue weighted by molar-refractivity contribution is -0.305. The van der Waals surface area contributed by atoms with Crippen molar-refractivity contribution in [2.24, 2.45) is 0 Å². The van der Waals surface area contributed by atoms with E-state index in [9.17, 15) is 35.1 Å². The number of aliphatic hydroxyl groups excluding tert-OH is 5. The van der Waals surface area contributed by atoms with Crippen LogP contribution in [0.5, 0.6) is 0 Å². The van der Waals surface area contributed by atoms with Crippen molar-refractivity contribution < 1.29 is 49.3 Å². The van der Waals surface area contributed by atoms with Crippen LogP contribution in [0.25, 0.3) is 0 Å². The second-order valence-electron chi connectivity index (χ2n) is 21.8. The Morgan fingerprint density at radius 1 is 0.494 bits per heavy atom. The number of hydrogen-bond donors (Lipinski definition) is 6. The summed E-state index contributed by atoms with van der Waals surface area (Å²) in [6.45, 7) is 5.59.